The number of carbonyl (C=O) groups is 1. The maximum absolute atomic E-state index is 11.9. The Kier molecular flexibility index (Phi) is 2.84. The number of aliphatic carboxylic acids is 1. The van der Waals surface area contributed by atoms with E-state index >= 15 is 0 Å². The molecule has 0 aromatic rings. The molecule has 0 aromatic heterocycles. The maximum atomic E-state index is 11.9. The quantitative estimate of drug-likeness (QED) is 0.812. The van der Waals surface area contributed by atoms with E-state index in [4.69, 9.17) is 0 Å². The van der Waals surface area contributed by atoms with Crippen molar-refractivity contribution in [1.29, 1.82) is 0 Å². The molecule has 0 radical (unpaired) electrons. The van der Waals surface area contributed by atoms with E-state index in [1.807, 2.05) is 0 Å². The number of piperidine rings is 2. The van der Waals surface area contributed by atoms with Gasteiger partial charge < -0.3 is 10.2 Å². The molecule has 6 bridgehead atoms. The molecule has 3 unspecified atom stereocenters. The summed E-state index contributed by atoms with van der Waals surface area (Å²) in [4.78, 5) is 14.4. The minimum absolute atomic E-state index is 0.00949. The van der Waals surface area contributed by atoms with Crippen LogP contribution in [0.15, 0.2) is 0 Å². The first-order valence-electron chi connectivity index (χ1n) is 11.0. The molecule has 0 amide bonds. The molecule has 144 valence electrons. The summed E-state index contributed by atoms with van der Waals surface area (Å²) in [5.74, 6) is 1.02. The van der Waals surface area contributed by atoms with Crippen molar-refractivity contribution in [2.24, 2.45) is 34.0 Å². The lowest BCUT2D eigenvalue weighted by Crippen LogP contribution is -2.81. The largest absolute Gasteiger partial charge is 0.481 e. The number of carboxylic acid groups (broad SMARTS) is 1. The zero-order valence-electron chi connectivity index (χ0n) is 16.2. The molecule has 0 aromatic carbocycles. The minimum atomic E-state index is -0.657. The molecular weight excluding hydrogens is 326 g/mol. The van der Waals surface area contributed by atoms with E-state index in [1.165, 1.54) is 32.1 Å². The van der Waals surface area contributed by atoms with Crippen molar-refractivity contribution in [1.82, 2.24) is 4.90 Å². The molecule has 3 aliphatic heterocycles. The van der Waals surface area contributed by atoms with Gasteiger partial charge >= 0.3 is 5.97 Å². The molecule has 7 rings (SSSR count). The standard InChI is InChI=1S/C22H33NO3/c1-13-12-23-17-14-5-8-20(17)7-3-4-15(20)21(9-6-16(24)25)18(23)22(13,26)11-10-19(14,21)2/h13-15,17-18,26H,3-12H2,1-2H3,(H,24,25)/t13-,14+,15-,17?,18?,19?,20-,21-,22-/m1/s1. The first kappa shape index (κ1) is 16.4. The Balaban J connectivity index is 1.62. The van der Waals surface area contributed by atoms with Crippen LogP contribution in [0.2, 0.25) is 0 Å². The van der Waals surface area contributed by atoms with Crippen LogP contribution in [0.3, 0.4) is 0 Å². The van der Waals surface area contributed by atoms with Crippen LogP contribution in [0.4, 0.5) is 0 Å². The van der Waals surface area contributed by atoms with Crippen LogP contribution >= 0.6 is 0 Å². The average Bonchev–Trinajstić information content (AvgIpc) is 3.25. The van der Waals surface area contributed by atoms with Crippen molar-refractivity contribution in [3.05, 3.63) is 0 Å². The maximum Gasteiger partial charge on any atom is 0.303 e. The van der Waals surface area contributed by atoms with E-state index in [-0.39, 0.29) is 23.3 Å². The van der Waals surface area contributed by atoms with Crippen molar-refractivity contribution in [3.8, 4) is 0 Å². The second kappa shape index (κ2) is 4.51. The summed E-state index contributed by atoms with van der Waals surface area (Å²) in [5.41, 5.74) is 0.0664. The summed E-state index contributed by atoms with van der Waals surface area (Å²) in [5, 5.41) is 21.5. The topological polar surface area (TPSA) is 60.8 Å². The van der Waals surface area contributed by atoms with Gasteiger partial charge in [0.25, 0.3) is 0 Å². The van der Waals surface area contributed by atoms with Gasteiger partial charge in [0.1, 0.15) is 0 Å². The Morgan fingerprint density at radius 2 is 2.00 bits per heavy atom. The third kappa shape index (κ3) is 1.37. The molecule has 4 aliphatic carbocycles. The van der Waals surface area contributed by atoms with Gasteiger partial charge in [-0.15, -0.1) is 0 Å². The highest BCUT2D eigenvalue weighted by Crippen LogP contribution is 2.84. The minimum Gasteiger partial charge on any atom is -0.481 e. The third-order valence-corrected chi connectivity index (χ3v) is 11.0. The van der Waals surface area contributed by atoms with Gasteiger partial charge in [0, 0.05) is 25.0 Å². The van der Waals surface area contributed by atoms with Crippen LogP contribution in [0, 0.1) is 34.0 Å². The first-order chi connectivity index (χ1) is 12.3. The lowest BCUT2D eigenvalue weighted by atomic mass is 9.33. The SMILES string of the molecule is C[C@@H]1CN2C3[C@@H]4CC[C@@]35CCC[C@H]5[C@]3(CCC(=O)O)C2[C@@]1(O)CCC43C. The fraction of sp³-hybridized carbons (Fsp3) is 0.955. The van der Waals surface area contributed by atoms with Gasteiger partial charge in [-0.2, -0.15) is 0 Å². The van der Waals surface area contributed by atoms with E-state index in [0.717, 1.165) is 31.7 Å². The van der Waals surface area contributed by atoms with E-state index in [1.54, 1.807) is 0 Å². The van der Waals surface area contributed by atoms with Crippen molar-refractivity contribution in [2.45, 2.75) is 89.3 Å². The fourth-order valence-electron chi connectivity index (χ4n) is 10.4. The highest BCUT2D eigenvalue weighted by Gasteiger charge is 2.85. The zero-order chi connectivity index (χ0) is 18.1. The lowest BCUT2D eigenvalue weighted by Gasteiger charge is -2.77. The van der Waals surface area contributed by atoms with Crippen LogP contribution in [0.1, 0.15) is 71.6 Å². The molecular formula is C22H33NO3. The third-order valence-electron chi connectivity index (χ3n) is 11.0. The summed E-state index contributed by atoms with van der Waals surface area (Å²) in [7, 11) is 0. The predicted octanol–water partition coefficient (Wildman–Crippen LogP) is 3.28. The van der Waals surface area contributed by atoms with Crippen LogP contribution in [-0.2, 0) is 4.79 Å². The van der Waals surface area contributed by atoms with Crippen LogP contribution in [0.25, 0.3) is 0 Å². The Bertz CT molecular complexity index is 695. The molecule has 1 spiro atoms. The Morgan fingerprint density at radius 1 is 1.19 bits per heavy atom. The predicted molar refractivity (Wildman–Crippen MR) is 97.5 cm³/mol. The second-order valence-corrected chi connectivity index (χ2v) is 11.1. The average molecular weight is 360 g/mol. The molecule has 3 heterocycles. The Morgan fingerprint density at radius 3 is 2.77 bits per heavy atom. The molecule has 3 saturated heterocycles. The fourth-order valence-corrected chi connectivity index (χ4v) is 10.4. The Hall–Kier alpha value is -0.610. The number of carboxylic acids is 1. The van der Waals surface area contributed by atoms with E-state index in [2.05, 4.69) is 18.7 Å². The lowest BCUT2D eigenvalue weighted by molar-refractivity contribution is -0.308. The van der Waals surface area contributed by atoms with E-state index in [9.17, 15) is 15.0 Å². The monoisotopic (exact) mass is 359 g/mol. The van der Waals surface area contributed by atoms with Gasteiger partial charge in [0.2, 0.25) is 0 Å². The van der Waals surface area contributed by atoms with Gasteiger partial charge in [0.15, 0.2) is 0 Å². The summed E-state index contributed by atoms with van der Waals surface area (Å²) in [6.07, 6.45) is 9.70. The van der Waals surface area contributed by atoms with Crippen molar-refractivity contribution in [2.75, 3.05) is 6.54 Å². The van der Waals surface area contributed by atoms with Gasteiger partial charge in [-0.1, -0.05) is 20.3 Å². The van der Waals surface area contributed by atoms with Gasteiger partial charge in [-0.25, -0.2) is 0 Å². The molecule has 4 saturated carbocycles. The molecule has 2 N–H and O–H groups in total. The van der Waals surface area contributed by atoms with E-state index < -0.39 is 11.6 Å². The summed E-state index contributed by atoms with van der Waals surface area (Å²) in [6, 6.07) is 0.868. The first-order valence-corrected chi connectivity index (χ1v) is 11.0. The number of aliphatic hydroxyl groups is 1. The van der Waals surface area contributed by atoms with Crippen molar-refractivity contribution < 1.29 is 15.0 Å². The van der Waals surface area contributed by atoms with Gasteiger partial charge in [-0.3, -0.25) is 9.69 Å². The number of rotatable bonds is 3. The van der Waals surface area contributed by atoms with Crippen LogP contribution < -0.4 is 0 Å². The summed E-state index contributed by atoms with van der Waals surface area (Å²) in [6.45, 7) is 5.79. The number of hydrogen-bond donors (Lipinski definition) is 2. The zero-order valence-corrected chi connectivity index (χ0v) is 16.2. The number of nitrogens with zero attached hydrogens (tertiary/aromatic N) is 1. The molecule has 4 heteroatoms. The highest BCUT2D eigenvalue weighted by molar-refractivity contribution is 5.67. The number of hydrogen-bond acceptors (Lipinski definition) is 3. The summed E-state index contributed by atoms with van der Waals surface area (Å²) >= 11 is 0. The highest BCUT2D eigenvalue weighted by atomic mass is 16.4. The van der Waals surface area contributed by atoms with Crippen molar-refractivity contribution >= 4 is 5.97 Å². The molecule has 9 atom stereocenters. The molecule has 4 nitrogen and oxygen atoms in total. The van der Waals surface area contributed by atoms with Gasteiger partial charge in [0.05, 0.1) is 5.60 Å². The normalized spacial score (nSPS) is 61.9. The van der Waals surface area contributed by atoms with Crippen molar-refractivity contribution in [3.63, 3.8) is 0 Å². The molecule has 7 fully saturated rings. The molecule has 26 heavy (non-hydrogen) atoms. The van der Waals surface area contributed by atoms with E-state index in [0.29, 0.717) is 23.3 Å². The van der Waals surface area contributed by atoms with Gasteiger partial charge in [-0.05, 0) is 78.9 Å². The Labute approximate surface area is 156 Å². The molecule has 7 aliphatic rings. The van der Waals surface area contributed by atoms with Crippen LogP contribution in [0.5, 0.6) is 0 Å². The second-order valence-electron chi connectivity index (χ2n) is 11.1. The smallest absolute Gasteiger partial charge is 0.303 e. The summed E-state index contributed by atoms with van der Waals surface area (Å²) < 4.78 is 0. The van der Waals surface area contributed by atoms with Crippen LogP contribution in [-0.4, -0.2) is 45.3 Å².